The van der Waals surface area contributed by atoms with Crippen LogP contribution in [0.3, 0.4) is 0 Å². The topological polar surface area (TPSA) is 72.8 Å². The fraction of sp³-hybridized carbons (Fsp3) is 0.250. The van der Waals surface area contributed by atoms with Gasteiger partial charge in [0.2, 0.25) is 11.2 Å². The molecule has 0 radical (unpaired) electrons. The van der Waals surface area contributed by atoms with Crippen LogP contribution in [0.25, 0.3) is 0 Å². The van der Waals surface area contributed by atoms with Crippen molar-refractivity contribution in [3.05, 3.63) is 21.9 Å². The molecule has 0 atom stereocenters. The summed E-state index contributed by atoms with van der Waals surface area (Å²) in [7, 11) is 1.47. The smallest absolute Gasteiger partial charge is 0.322 e. The van der Waals surface area contributed by atoms with Crippen molar-refractivity contribution in [3.63, 3.8) is 0 Å². The van der Waals surface area contributed by atoms with Crippen LogP contribution in [-0.4, -0.2) is 27.0 Å². The van der Waals surface area contributed by atoms with E-state index < -0.39 is 0 Å². The van der Waals surface area contributed by atoms with Crippen LogP contribution in [0.5, 0.6) is 6.01 Å². The van der Waals surface area contributed by atoms with Crippen molar-refractivity contribution >= 4 is 28.9 Å². The first-order valence-electron chi connectivity index (χ1n) is 4.36. The summed E-state index contributed by atoms with van der Waals surface area (Å²) < 4.78 is 4.87. The van der Waals surface area contributed by atoms with Crippen LogP contribution in [0.15, 0.2) is 11.6 Å². The average molecular weight is 258 g/mol. The van der Waals surface area contributed by atoms with E-state index in [4.69, 9.17) is 16.3 Å². The Bertz CT molecular complexity index is 463. The summed E-state index contributed by atoms with van der Waals surface area (Å²) in [6.07, 6.45) is 1.74. The van der Waals surface area contributed by atoms with Gasteiger partial charge in [-0.25, -0.2) is 4.98 Å². The molecule has 8 heteroatoms. The zero-order valence-corrected chi connectivity index (χ0v) is 9.92. The number of halogens is 1. The van der Waals surface area contributed by atoms with Gasteiger partial charge >= 0.3 is 6.01 Å². The van der Waals surface area contributed by atoms with Crippen molar-refractivity contribution in [2.75, 3.05) is 12.4 Å². The number of thiazole rings is 1. The van der Waals surface area contributed by atoms with E-state index in [1.807, 2.05) is 5.38 Å². The van der Waals surface area contributed by atoms with Crippen molar-refractivity contribution in [2.45, 2.75) is 6.54 Å². The fourth-order valence-corrected chi connectivity index (χ4v) is 1.71. The molecule has 0 aromatic carbocycles. The van der Waals surface area contributed by atoms with Crippen LogP contribution in [0, 0.1) is 0 Å². The number of ether oxygens (including phenoxy) is 1. The van der Waals surface area contributed by atoms with E-state index >= 15 is 0 Å². The van der Waals surface area contributed by atoms with Crippen molar-refractivity contribution in [3.8, 4) is 6.01 Å². The summed E-state index contributed by atoms with van der Waals surface area (Å²) in [5.74, 6) is 0.368. The Morgan fingerprint density at radius 1 is 1.44 bits per heavy atom. The van der Waals surface area contributed by atoms with E-state index in [2.05, 4.69) is 25.3 Å². The zero-order valence-electron chi connectivity index (χ0n) is 8.35. The Kier molecular flexibility index (Phi) is 3.47. The SMILES string of the molecule is COc1nc(Cl)nc(NCc2nccs2)n1. The molecule has 0 amide bonds. The third kappa shape index (κ3) is 2.77. The highest BCUT2D eigenvalue weighted by molar-refractivity contribution is 7.09. The third-order valence-corrected chi connectivity index (χ3v) is 2.60. The molecule has 84 valence electrons. The van der Waals surface area contributed by atoms with Crippen molar-refractivity contribution in [1.29, 1.82) is 0 Å². The summed E-state index contributed by atoms with van der Waals surface area (Å²) in [5, 5.41) is 5.92. The molecular weight excluding hydrogens is 250 g/mol. The first kappa shape index (κ1) is 11.0. The van der Waals surface area contributed by atoms with E-state index in [1.165, 1.54) is 7.11 Å². The quantitative estimate of drug-likeness (QED) is 0.897. The third-order valence-electron chi connectivity index (χ3n) is 1.65. The van der Waals surface area contributed by atoms with Crippen molar-refractivity contribution in [1.82, 2.24) is 19.9 Å². The number of aromatic nitrogens is 4. The van der Waals surface area contributed by atoms with Crippen LogP contribution in [0.1, 0.15) is 5.01 Å². The van der Waals surface area contributed by atoms with E-state index in [9.17, 15) is 0 Å². The van der Waals surface area contributed by atoms with Crippen LogP contribution < -0.4 is 10.1 Å². The molecule has 0 saturated heterocycles. The van der Waals surface area contributed by atoms with E-state index in [0.29, 0.717) is 12.5 Å². The molecule has 6 nitrogen and oxygen atoms in total. The molecule has 1 N–H and O–H groups in total. The molecule has 0 aliphatic carbocycles. The van der Waals surface area contributed by atoms with Gasteiger partial charge in [0, 0.05) is 11.6 Å². The normalized spacial score (nSPS) is 10.1. The lowest BCUT2D eigenvalue weighted by molar-refractivity contribution is 0.379. The molecule has 2 aromatic heterocycles. The molecule has 2 aromatic rings. The maximum atomic E-state index is 5.69. The van der Waals surface area contributed by atoms with Gasteiger partial charge in [0.05, 0.1) is 13.7 Å². The summed E-state index contributed by atoms with van der Waals surface area (Å²) in [4.78, 5) is 15.8. The van der Waals surface area contributed by atoms with Crippen LogP contribution >= 0.6 is 22.9 Å². The number of rotatable bonds is 4. The fourth-order valence-electron chi connectivity index (χ4n) is 0.997. The van der Waals surface area contributed by atoms with Gasteiger partial charge in [0.1, 0.15) is 5.01 Å². The Balaban J connectivity index is 2.06. The predicted octanol–water partition coefficient (Wildman–Crippen LogP) is 1.60. The number of anilines is 1. The zero-order chi connectivity index (χ0) is 11.4. The highest BCUT2D eigenvalue weighted by atomic mass is 35.5. The van der Waals surface area contributed by atoms with Crippen LogP contribution in [0.4, 0.5) is 5.95 Å². The van der Waals surface area contributed by atoms with Crippen molar-refractivity contribution in [2.24, 2.45) is 0 Å². The summed E-state index contributed by atoms with van der Waals surface area (Å²) in [5.41, 5.74) is 0. The first-order chi connectivity index (χ1) is 7.78. The van der Waals surface area contributed by atoms with E-state index in [1.54, 1.807) is 17.5 Å². The van der Waals surface area contributed by atoms with Gasteiger partial charge in [0.25, 0.3) is 0 Å². The number of hydrogen-bond donors (Lipinski definition) is 1. The predicted molar refractivity (Wildman–Crippen MR) is 60.8 cm³/mol. The molecule has 0 fully saturated rings. The highest BCUT2D eigenvalue weighted by Gasteiger charge is 2.05. The molecule has 0 saturated carbocycles. The van der Waals surface area contributed by atoms with E-state index in [-0.39, 0.29) is 11.3 Å². The Hall–Kier alpha value is -1.47. The summed E-state index contributed by atoms with van der Waals surface area (Å²) >= 11 is 7.24. The lowest BCUT2D eigenvalue weighted by Gasteiger charge is -2.03. The van der Waals surface area contributed by atoms with E-state index in [0.717, 1.165) is 5.01 Å². The minimum Gasteiger partial charge on any atom is -0.467 e. The second-order valence-corrected chi connectivity index (χ2v) is 4.01. The van der Waals surface area contributed by atoms with Gasteiger partial charge in [-0.15, -0.1) is 11.3 Å². The molecular formula is C8H8ClN5OS. The van der Waals surface area contributed by atoms with Crippen molar-refractivity contribution < 1.29 is 4.74 Å². The Morgan fingerprint density at radius 2 is 2.31 bits per heavy atom. The molecule has 0 aliphatic heterocycles. The van der Waals surface area contributed by atoms with Gasteiger partial charge in [-0.1, -0.05) is 0 Å². The minimum atomic E-state index is 0.0912. The first-order valence-corrected chi connectivity index (χ1v) is 5.61. The largest absolute Gasteiger partial charge is 0.467 e. The maximum absolute atomic E-state index is 5.69. The monoisotopic (exact) mass is 257 g/mol. The number of nitrogens with zero attached hydrogens (tertiary/aromatic N) is 4. The molecule has 0 aliphatic rings. The lowest BCUT2D eigenvalue weighted by atomic mass is 10.6. The summed E-state index contributed by atoms with van der Waals surface area (Å²) in [6, 6.07) is 0.182. The van der Waals surface area contributed by atoms with Gasteiger partial charge in [-0.2, -0.15) is 15.0 Å². The molecule has 0 bridgehead atoms. The Labute approximate surface area is 101 Å². The standard InChI is InChI=1S/C8H8ClN5OS/c1-15-8-13-6(9)12-7(14-8)11-4-5-10-2-3-16-5/h2-3H,4H2,1H3,(H,11,12,13,14). The molecule has 16 heavy (non-hydrogen) atoms. The molecule has 0 unspecified atom stereocenters. The molecule has 2 rings (SSSR count). The van der Waals surface area contributed by atoms with Gasteiger partial charge in [-0.3, -0.25) is 0 Å². The highest BCUT2D eigenvalue weighted by Crippen LogP contribution is 2.12. The van der Waals surface area contributed by atoms with Gasteiger partial charge < -0.3 is 10.1 Å². The number of hydrogen-bond acceptors (Lipinski definition) is 7. The summed E-state index contributed by atoms with van der Waals surface area (Å²) in [6.45, 7) is 0.543. The van der Waals surface area contributed by atoms with Gasteiger partial charge in [0.15, 0.2) is 0 Å². The maximum Gasteiger partial charge on any atom is 0.322 e. The molecule has 2 heterocycles. The second-order valence-electron chi connectivity index (χ2n) is 2.69. The Morgan fingerprint density at radius 3 is 3.00 bits per heavy atom. The number of methoxy groups -OCH3 is 1. The van der Waals surface area contributed by atoms with Crippen LogP contribution in [-0.2, 0) is 6.54 Å². The van der Waals surface area contributed by atoms with Crippen LogP contribution in [0.2, 0.25) is 5.28 Å². The second kappa shape index (κ2) is 5.04. The molecule has 0 spiro atoms. The lowest BCUT2D eigenvalue weighted by Crippen LogP contribution is -2.05. The number of nitrogens with one attached hydrogen (secondary N) is 1. The minimum absolute atomic E-state index is 0.0912. The average Bonchev–Trinajstić information content (AvgIpc) is 2.78. The van der Waals surface area contributed by atoms with Gasteiger partial charge in [-0.05, 0) is 11.6 Å².